The molecule has 3 N–H and O–H groups in total. The van der Waals surface area contributed by atoms with Crippen LogP contribution in [0.1, 0.15) is 36.5 Å². The van der Waals surface area contributed by atoms with Crippen LogP contribution in [-0.4, -0.2) is 51.7 Å². The second kappa shape index (κ2) is 8.42. The monoisotopic (exact) mass is 352 g/mol. The standard InChI is InChI=1S/C18H24O7/c1-10-3-4-13(9-24-11(2)19)12(7-10)5-6-15-17(21)14(20)8-16(25-15)18(22)23/h3-4,7,14-17,20-21H,5-6,8-9H2,1-2H3,(H,22,23)/t14-,15-,16-,17+/m0/s1. The quantitative estimate of drug-likeness (QED) is 0.653. The number of aliphatic hydroxyl groups is 2. The molecular weight excluding hydrogens is 328 g/mol. The first-order chi connectivity index (χ1) is 11.8. The van der Waals surface area contributed by atoms with E-state index >= 15 is 0 Å². The van der Waals surface area contributed by atoms with Gasteiger partial charge in [0, 0.05) is 13.3 Å². The Kier molecular flexibility index (Phi) is 6.52. The number of ether oxygens (including phenoxy) is 2. The molecule has 0 saturated carbocycles. The summed E-state index contributed by atoms with van der Waals surface area (Å²) in [6.07, 6.45) is -3.43. The van der Waals surface area contributed by atoms with Crippen LogP contribution in [-0.2, 0) is 32.1 Å². The van der Waals surface area contributed by atoms with Gasteiger partial charge in [-0.25, -0.2) is 4.79 Å². The highest BCUT2D eigenvalue weighted by molar-refractivity contribution is 5.72. The lowest BCUT2D eigenvalue weighted by Crippen LogP contribution is -2.50. The van der Waals surface area contributed by atoms with E-state index in [1.54, 1.807) is 0 Å². The number of hydrogen-bond acceptors (Lipinski definition) is 6. The van der Waals surface area contributed by atoms with Crippen molar-refractivity contribution in [3.05, 3.63) is 34.9 Å². The predicted molar refractivity (Wildman–Crippen MR) is 87.9 cm³/mol. The highest BCUT2D eigenvalue weighted by atomic mass is 16.5. The van der Waals surface area contributed by atoms with E-state index in [0.29, 0.717) is 12.8 Å². The summed E-state index contributed by atoms with van der Waals surface area (Å²) in [6.45, 7) is 3.43. The van der Waals surface area contributed by atoms with Crippen molar-refractivity contribution in [1.29, 1.82) is 0 Å². The van der Waals surface area contributed by atoms with Gasteiger partial charge in [0.1, 0.15) is 12.7 Å². The number of benzene rings is 1. The lowest BCUT2D eigenvalue weighted by atomic mass is 9.92. The molecule has 1 fully saturated rings. The molecule has 2 rings (SSSR count). The molecule has 1 saturated heterocycles. The Morgan fingerprint density at radius 2 is 2.00 bits per heavy atom. The minimum absolute atomic E-state index is 0.130. The van der Waals surface area contributed by atoms with Gasteiger partial charge in [0.2, 0.25) is 0 Å². The van der Waals surface area contributed by atoms with E-state index in [4.69, 9.17) is 14.6 Å². The lowest BCUT2D eigenvalue weighted by Gasteiger charge is -2.35. The van der Waals surface area contributed by atoms with Crippen molar-refractivity contribution in [2.75, 3.05) is 0 Å². The molecule has 1 aromatic carbocycles. The van der Waals surface area contributed by atoms with Gasteiger partial charge < -0.3 is 24.8 Å². The van der Waals surface area contributed by atoms with E-state index in [1.165, 1.54) is 6.92 Å². The summed E-state index contributed by atoms with van der Waals surface area (Å²) < 4.78 is 10.5. The van der Waals surface area contributed by atoms with Crippen molar-refractivity contribution in [3.8, 4) is 0 Å². The number of aryl methyl sites for hydroxylation is 2. The first-order valence-electron chi connectivity index (χ1n) is 8.24. The van der Waals surface area contributed by atoms with E-state index < -0.39 is 30.4 Å². The predicted octanol–water partition coefficient (Wildman–Crippen LogP) is 0.955. The molecule has 4 atom stereocenters. The zero-order chi connectivity index (χ0) is 18.6. The van der Waals surface area contributed by atoms with E-state index in [2.05, 4.69) is 0 Å². The Morgan fingerprint density at radius 1 is 1.28 bits per heavy atom. The molecule has 1 heterocycles. The van der Waals surface area contributed by atoms with Crippen LogP contribution in [0.15, 0.2) is 18.2 Å². The molecule has 0 aliphatic carbocycles. The average molecular weight is 352 g/mol. The SMILES string of the molecule is CC(=O)OCc1ccc(C)cc1CC[C@@H]1O[C@H](C(=O)O)C[C@H](O)[C@H]1O. The number of aliphatic carboxylic acids is 1. The third-order valence-electron chi connectivity index (χ3n) is 4.34. The van der Waals surface area contributed by atoms with Gasteiger partial charge in [-0.1, -0.05) is 23.8 Å². The Hall–Kier alpha value is -1.96. The topological polar surface area (TPSA) is 113 Å². The number of esters is 1. The molecule has 1 aromatic rings. The maximum Gasteiger partial charge on any atom is 0.332 e. The molecule has 1 aliphatic rings. The molecular formula is C18H24O7. The van der Waals surface area contributed by atoms with Crippen molar-refractivity contribution in [2.45, 2.75) is 64.1 Å². The van der Waals surface area contributed by atoms with Crippen molar-refractivity contribution >= 4 is 11.9 Å². The molecule has 0 radical (unpaired) electrons. The summed E-state index contributed by atoms with van der Waals surface area (Å²) in [6, 6.07) is 5.75. The fourth-order valence-electron chi connectivity index (χ4n) is 2.96. The fourth-order valence-corrected chi connectivity index (χ4v) is 2.96. The summed E-state index contributed by atoms with van der Waals surface area (Å²) in [5.74, 6) is -1.52. The molecule has 0 amide bonds. The van der Waals surface area contributed by atoms with Crippen LogP contribution in [0.5, 0.6) is 0 Å². The molecule has 0 spiro atoms. The Balaban J connectivity index is 2.07. The van der Waals surface area contributed by atoms with E-state index in [-0.39, 0.29) is 19.0 Å². The number of rotatable bonds is 6. The smallest absolute Gasteiger partial charge is 0.332 e. The highest BCUT2D eigenvalue weighted by Crippen LogP contribution is 2.25. The zero-order valence-corrected chi connectivity index (χ0v) is 14.3. The maximum atomic E-state index is 11.1. The number of aliphatic hydroxyl groups excluding tert-OH is 2. The van der Waals surface area contributed by atoms with E-state index in [0.717, 1.165) is 16.7 Å². The minimum atomic E-state index is -1.15. The fraction of sp³-hybridized carbons (Fsp3) is 0.556. The summed E-state index contributed by atoms with van der Waals surface area (Å²) in [5, 5.41) is 29.0. The van der Waals surface area contributed by atoms with Crippen molar-refractivity contribution in [2.24, 2.45) is 0 Å². The third kappa shape index (κ3) is 5.26. The Morgan fingerprint density at radius 3 is 2.64 bits per heavy atom. The largest absolute Gasteiger partial charge is 0.479 e. The van der Waals surface area contributed by atoms with Gasteiger partial charge in [-0.2, -0.15) is 0 Å². The van der Waals surface area contributed by atoms with Gasteiger partial charge in [-0.15, -0.1) is 0 Å². The van der Waals surface area contributed by atoms with Gasteiger partial charge in [-0.3, -0.25) is 4.79 Å². The highest BCUT2D eigenvalue weighted by Gasteiger charge is 2.39. The maximum absolute atomic E-state index is 11.1. The number of carboxylic acid groups (broad SMARTS) is 1. The van der Waals surface area contributed by atoms with Gasteiger partial charge in [-0.05, 0) is 30.9 Å². The third-order valence-corrected chi connectivity index (χ3v) is 4.34. The van der Waals surface area contributed by atoms with Crippen molar-refractivity contribution in [3.63, 3.8) is 0 Å². The molecule has 1 aliphatic heterocycles. The first-order valence-corrected chi connectivity index (χ1v) is 8.24. The van der Waals surface area contributed by atoms with E-state index in [1.807, 2.05) is 25.1 Å². The number of carbonyl (C=O) groups is 2. The lowest BCUT2D eigenvalue weighted by molar-refractivity contribution is -0.190. The molecule has 138 valence electrons. The molecule has 25 heavy (non-hydrogen) atoms. The van der Waals surface area contributed by atoms with Crippen LogP contribution in [0.2, 0.25) is 0 Å². The number of hydrogen-bond donors (Lipinski definition) is 3. The Labute approximate surface area is 146 Å². The van der Waals surface area contributed by atoms with Crippen LogP contribution >= 0.6 is 0 Å². The first kappa shape index (κ1) is 19.4. The van der Waals surface area contributed by atoms with Crippen LogP contribution in [0.3, 0.4) is 0 Å². The summed E-state index contributed by atoms with van der Waals surface area (Å²) in [4.78, 5) is 22.1. The van der Waals surface area contributed by atoms with Crippen LogP contribution < -0.4 is 0 Å². The molecule has 7 heteroatoms. The van der Waals surface area contributed by atoms with Crippen LogP contribution in [0, 0.1) is 6.92 Å². The normalized spacial score (nSPS) is 26.2. The summed E-state index contributed by atoms with van der Waals surface area (Å²) in [5.41, 5.74) is 2.82. The molecule has 0 bridgehead atoms. The van der Waals surface area contributed by atoms with Gasteiger partial charge >= 0.3 is 11.9 Å². The van der Waals surface area contributed by atoms with Crippen LogP contribution in [0.4, 0.5) is 0 Å². The molecule has 0 unspecified atom stereocenters. The second-order valence-corrected chi connectivity index (χ2v) is 6.39. The minimum Gasteiger partial charge on any atom is -0.479 e. The average Bonchev–Trinajstić information content (AvgIpc) is 2.54. The van der Waals surface area contributed by atoms with Crippen LogP contribution in [0.25, 0.3) is 0 Å². The number of carboxylic acids is 1. The molecule has 0 aromatic heterocycles. The summed E-state index contributed by atoms with van der Waals surface area (Å²) >= 11 is 0. The van der Waals surface area contributed by atoms with E-state index in [9.17, 15) is 19.8 Å². The Bertz CT molecular complexity index is 628. The second-order valence-electron chi connectivity index (χ2n) is 6.39. The van der Waals surface area contributed by atoms with Gasteiger partial charge in [0.05, 0.1) is 12.2 Å². The zero-order valence-electron chi connectivity index (χ0n) is 14.3. The molecule has 7 nitrogen and oxygen atoms in total. The summed E-state index contributed by atoms with van der Waals surface area (Å²) in [7, 11) is 0. The van der Waals surface area contributed by atoms with Gasteiger partial charge in [0.25, 0.3) is 0 Å². The number of carbonyl (C=O) groups excluding carboxylic acids is 1. The van der Waals surface area contributed by atoms with Crippen molar-refractivity contribution in [1.82, 2.24) is 0 Å². The van der Waals surface area contributed by atoms with Gasteiger partial charge in [0.15, 0.2) is 6.10 Å². The van der Waals surface area contributed by atoms with Crippen molar-refractivity contribution < 1.29 is 34.4 Å².